The highest BCUT2D eigenvalue weighted by Gasteiger charge is 2.50. The average molecular weight is 194 g/mol. The second-order valence-corrected chi connectivity index (χ2v) is 5.25. The molecule has 78 valence electrons. The van der Waals surface area contributed by atoms with Gasteiger partial charge in [0.15, 0.2) is 5.82 Å². The van der Waals surface area contributed by atoms with Crippen molar-refractivity contribution >= 4 is 5.82 Å². The van der Waals surface area contributed by atoms with Gasteiger partial charge in [-0.3, -0.25) is 0 Å². The average Bonchev–Trinajstić information content (AvgIpc) is 2.54. The fraction of sp³-hybridized carbons (Fsp3) is 0.727. The molecule has 1 atom stereocenters. The molecule has 2 N–H and O–H groups in total. The van der Waals surface area contributed by atoms with Crippen LogP contribution in [0.2, 0.25) is 0 Å². The van der Waals surface area contributed by atoms with E-state index in [9.17, 15) is 0 Å². The second kappa shape index (κ2) is 2.75. The number of nitrogen functional groups attached to an aromatic ring is 1. The lowest BCUT2D eigenvalue weighted by Crippen LogP contribution is -1.98. The zero-order chi connectivity index (χ0) is 10.5. The van der Waals surface area contributed by atoms with Crippen LogP contribution in [0.15, 0.2) is 4.52 Å². The molecule has 1 aromatic heterocycles. The maximum Gasteiger partial charge on any atom is 0.170 e. The summed E-state index contributed by atoms with van der Waals surface area (Å²) in [7, 11) is 0. The van der Waals surface area contributed by atoms with Crippen molar-refractivity contribution in [3.8, 4) is 0 Å². The minimum absolute atomic E-state index is 0.371. The molecule has 1 aromatic rings. The van der Waals surface area contributed by atoms with E-state index in [1.54, 1.807) is 0 Å². The Labute approximate surface area is 84.7 Å². The molecule has 0 aliphatic heterocycles. The molecule has 3 nitrogen and oxygen atoms in total. The van der Waals surface area contributed by atoms with Crippen molar-refractivity contribution in [3.05, 3.63) is 11.3 Å². The van der Waals surface area contributed by atoms with Gasteiger partial charge in [-0.2, -0.15) is 0 Å². The van der Waals surface area contributed by atoms with Gasteiger partial charge in [-0.15, -0.1) is 0 Å². The summed E-state index contributed by atoms with van der Waals surface area (Å²) < 4.78 is 5.34. The minimum Gasteiger partial charge on any atom is -0.381 e. The Balaban J connectivity index is 2.36. The number of hydrogen-bond donors (Lipinski definition) is 1. The highest BCUT2D eigenvalue weighted by atomic mass is 16.5. The van der Waals surface area contributed by atoms with E-state index in [0.717, 1.165) is 11.3 Å². The summed E-state index contributed by atoms with van der Waals surface area (Å²) in [6.45, 7) is 8.75. The van der Waals surface area contributed by atoms with Crippen LogP contribution < -0.4 is 5.73 Å². The van der Waals surface area contributed by atoms with Gasteiger partial charge in [0.05, 0.1) is 0 Å². The van der Waals surface area contributed by atoms with E-state index in [0.29, 0.717) is 23.1 Å². The predicted octanol–water partition coefficient (Wildman–Crippen LogP) is 2.89. The van der Waals surface area contributed by atoms with Gasteiger partial charge in [-0.25, -0.2) is 0 Å². The van der Waals surface area contributed by atoms with Crippen molar-refractivity contribution in [2.75, 3.05) is 5.73 Å². The topological polar surface area (TPSA) is 52.0 Å². The third-order valence-electron chi connectivity index (χ3n) is 3.19. The lowest BCUT2D eigenvalue weighted by atomic mass is 9.98. The monoisotopic (exact) mass is 194 g/mol. The summed E-state index contributed by atoms with van der Waals surface area (Å²) in [6, 6.07) is 0. The summed E-state index contributed by atoms with van der Waals surface area (Å²) in [4.78, 5) is 0. The van der Waals surface area contributed by atoms with Crippen LogP contribution in [0, 0.1) is 5.41 Å². The number of nitrogens with two attached hydrogens (primary N) is 1. The van der Waals surface area contributed by atoms with Gasteiger partial charge < -0.3 is 10.3 Å². The van der Waals surface area contributed by atoms with Crippen molar-refractivity contribution in [1.29, 1.82) is 0 Å². The number of hydrogen-bond acceptors (Lipinski definition) is 3. The summed E-state index contributed by atoms with van der Waals surface area (Å²) >= 11 is 0. The summed E-state index contributed by atoms with van der Waals surface area (Å²) in [5.74, 6) is 2.50. The largest absolute Gasteiger partial charge is 0.381 e. The van der Waals surface area contributed by atoms with Crippen molar-refractivity contribution in [2.45, 2.75) is 46.0 Å². The number of aromatic nitrogens is 1. The third kappa shape index (κ3) is 1.31. The van der Waals surface area contributed by atoms with Gasteiger partial charge in [0.2, 0.25) is 0 Å². The highest BCUT2D eigenvalue weighted by molar-refractivity contribution is 5.45. The Kier molecular flexibility index (Phi) is 1.88. The first-order valence-electron chi connectivity index (χ1n) is 5.18. The Morgan fingerprint density at radius 3 is 2.50 bits per heavy atom. The molecule has 0 saturated heterocycles. The molecule has 1 fully saturated rings. The Morgan fingerprint density at radius 1 is 1.50 bits per heavy atom. The summed E-state index contributed by atoms with van der Waals surface area (Å²) in [6.07, 6.45) is 1.18. The van der Waals surface area contributed by atoms with Gasteiger partial charge in [0.25, 0.3) is 0 Å². The molecule has 3 heteroatoms. The quantitative estimate of drug-likeness (QED) is 0.787. The van der Waals surface area contributed by atoms with Crippen LogP contribution in [0.3, 0.4) is 0 Å². The van der Waals surface area contributed by atoms with Crippen LogP contribution >= 0.6 is 0 Å². The number of nitrogens with zero attached hydrogens (tertiary/aromatic N) is 1. The van der Waals surface area contributed by atoms with Crippen molar-refractivity contribution in [3.63, 3.8) is 0 Å². The third-order valence-corrected chi connectivity index (χ3v) is 3.19. The Bertz CT molecular complexity index is 352. The first-order valence-corrected chi connectivity index (χ1v) is 5.18. The molecular weight excluding hydrogens is 176 g/mol. The predicted molar refractivity (Wildman–Crippen MR) is 56.1 cm³/mol. The minimum atomic E-state index is 0.371. The number of rotatable bonds is 2. The van der Waals surface area contributed by atoms with Crippen molar-refractivity contribution in [1.82, 2.24) is 5.16 Å². The van der Waals surface area contributed by atoms with Crippen LogP contribution in [-0.4, -0.2) is 5.16 Å². The van der Waals surface area contributed by atoms with Crippen LogP contribution in [-0.2, 0) is 0 Å². The van der Waals surface area contributed by atoms with Gasteiger partial charge in [0, 0.05) is 11.5 Å². The molecule has 0 radical (unpaired) electrons. The van der Waals surface area contributed by atoms with Crippen molar-refractivity contribution < 1.29 is 4.52 Å². The lowest BCUT2D eigenvalue weighted by molar-refractivity contribution is 0.373. The van der Waals surface area contributed by atoms with Gasteiger partial charge in [0.1, 0.15) is 5.76 Å². The zero-order valence-electron chi connectivity index (χ0n) is 9.29. The van der Waals surface area contributed by atoms with Crippen LogP contribution in [0.25, 0.3) is 0 Å². The molecule has 0 bridgehead atoms. The molecule has 0 aromatic carbocycles. The zero-order valence-corrected chi connectivity index (χ0v) is 9.29. The summed E-state index contributed by atoms with van der Waals surface area (Å²) in [5, 5.41) is 3.87. The maximum absolute atomic E-state index is 5.79. The molecule has 0 amide bonds. The van der Waals surface area contributed by atoms with E-state index in [1.165, 1.54) is 6.42 Å². The fourth-order valence-electron chi connectivity index (χ4n) is 2.07. The standard InChI is InChI=1S/C11H18N2O/c1-6(2)8-9(14-13-10(8)12)7-5-11(7,3)4/h6-7H,5H2,1-4H3,(H2,12,13). The first kappa shape index (κ1) is 9.56. The lowest BCUT2D eigenvalue weighted by Gasteiger charge is -2.06. The van der Waals surface area contributed by atoms with Crippen LogP contribution in [0.1, 0.15) is 57.3 Å². The van der Waals surface area contributed by atoms with E-state index >= 15 is 0 Å². The molecule has 1 aliphatic rings. The molecule has 2 rings (SSSR count). The smallest absolute Gasteiger partial charge is 0.170 e. The van der Waals surface area contributed by atoms with E-state index in [1.807, 2.05) is 0 Å². The fourth-order valence-corrected chi connectivity index (χ4v) is 2.07. The maximum atomic E-state index is 5.79. The summed E-state index contributed by atoms with van der Waals surface area (Å²) in [5.41, 5.74) is 7.27. The SMILES string of the molecule is CC(C)c1c(N)noc1C1CC1(C)C. The van der Waals surface area contributed by atoms with Gasteiger partial charge >= 0.3 is 0 Å². The van der Waals surface area contributed by atoms with E-state index in [2.05, 4.69) is 32.9 Å². The van der Waals surface area contributed by atoms with E-state index in [4.69, 9.17) is 10.3 Å². The molecule has 1 aliphatic carbocycles. The first-order chi connectivity index (χ1) is 6.43. The molecule has 1 heterocycles. The Morgan fingerprint density at radius 2 is 2.07 bits per heavy atom. The van der Waals surface area contributed by atoms with Gasteiger partial charge in [-0.1, -0.05) is 32.9 Å². The van der Waals surface area contributed by atoms with Crippen molar-refractivity contribution in [2.24, 2.45) is 5.41 Å². The molecule has 1 unspecified atom stereocenters. The van der Waals surface area contributed by atoms with Crippen LogP contribution in [0.4, 0.5) is 5.82 Å². The van der Waals surface area contributed by atoms with E-state index < -0.39 is 0 Å². The Hall–Kier alpha value is -0.990. The normalized spacial score (nSPS) is 24.2. The van der Waals surface area contributed by atoms with Gasteiger partial charge in [-0.05, 0) is 17.8 Å². The molecular formula is C11H18N2O. The second-order valence-electron chi connectivity index (χ2n) is 5.25. The molecule has 14 heavy (non-hydrogen) atoms. The molecule has 1 saturated carbocycles. The van der Waals surface area contributed by atoms with E-state index in [-0.39, 0.29) is 0 Å². The van der Waals surface area contributed by atoms with Crippen LogP contribution in [0.5, 0.6) is 0 Å². The molecule has 0 spiro atoms. The number of anilines is 1. The highest BCUT2D eigenvalue weighted by Crippen LogP contribution is 2.60.